The molecule has 8 nitrogen and oxygen atoms in total. The van der Waals surface area contributed by atoms with E-state index in [4.69, 9.17) is 4.74 Å². The summed E-state index contributed by atoms with van der Waals surface area (Å²) in [4.78, 5) is 50.0. The highest BCUT2D eigenvalue weighted by molar-refractivity contribution is 6.05. The van der Waals surface area contributed by atoms with Crippen molar-refractivity contribution in [2.45, 2.75) is 12.8 Å². The van der Waals surface area contributed by atoms with E-state index in [1.807, 2.05) is 0 Å². The van der Waals surface area contributed by atoms with Gasteiger partial charge in [0.15, 0.2) is 6.61 Å². The maximum absolute atomic E-state index is 12.5. The smallest absolute Gasteiger partial charge is 0.340 e. The van der Waals surface area contributed by atoms with E-state index in [1.165, 1.54) is 13.2 Å². The highest BCUT2D eigenvalue weighted by Crippen LogP contribution is 2.26. The van der Waals surface area contributed by atoms with Crippen LogP contribution in [0, 0.1) is 0 Å². The molecular weight excluding hydrogens is 376 g/mol. The molecule has 1 N–H and O–H groups in total. The summed E-state index contributed by atoms with van der Waals surface area (Å²) in [5.41, 5.74) is 1.12. The number of amides is 2. The van der Waals surface area contributed by atoms with Crippen LogP contribution >= 0.6 is 0 Å². The van der Waals surface area contributed by atoms with Gasteiger partial charge in [0.1, 0.15) is 0 Å². The molecule has 29 heavy (non-hydrogen) atoms. The Morgan fingerprint density at radius 3 is 2.38 bits per heavy atom. The maximum Gasteiger partial charge on any atom is 0.340 e. The van der Waals surface area contributed by atoms with Gasteiger partial charge in [-0.2, -0.15) is 0 Å². The predicted octanol–water partition coefficient (Wildman–Crippen LogP) is 2.40. The van der Waals surface area contributed by atoms with E-state index in [9.17, 15) is 19.2 Å². The third-order valence-electron chi connectivity index (χ3n) is 4.43. The Bertz CT molecular complexity index is 956. The average molecular weight is 396 g/mol. The fourth-order valence-corrected chi connectivity index (χ4v) is 3.06. The van der Waals surface area contributed by atoms with Gasteiger partial charge < -0.3 is 19.7 Å². The number of carbonyl (C=O) groups excluding carboxylic acids is 4. The van der Waals surface area contributed by atoms with Crippen LogP contribution in [-0.2, 0) is 19.1 Å². The van der Waals surface area contributed by atoms with E-state index in [0.717, 1.165) is 6.42 Å². The minimum absolute atomic E-state index is 0.0533. The molecule has 1 fully saturated rings. The van der Waals surface area contributed by atoms with Gasteiger partial charge in [0, 0.05) is 13.0 Å². The summed E-state index contributed by atoms with van der Waals surface area (Å²) in [6.07, 6.45) is 1.16. The number of esters is 2. The number of ether oxygens (including phenoxy) is 2. The molecule has 0 aliphatic carbocycles. The zero-order chi connectivity index (χ0) is 20.8. The molecule has 0 bridgehead atoms. The highest BCUT2D eigenvalue weighted by Gasteiger charge is 2.26. The van der Waals surface area contributed by atoms with Gasteiger partial charge in [-0.1, -0.05) is 24.3 Å². The van der Waals surface area contributed by atoms with Crippen LogP contribution in [0.2, 0.25) is 0 Å². The molecule has 1 saturated heterocycles. The molecule has 1 aliphatic rings. The minimum atomic E-state index is -0.711. The molecule has 0 unspecified atom stereocenters. The number of anilines is 2. The van der Waals surface area contributed by atoms with Crippen molar-refractivity contribution in [2.75, 3.05) is 30.5 Å². The molecule has 2 amide bonds. The van der Waals surface area contributed by atoms with Crippen molar-refractivity contribution in [2.24, 2.45) is 0 Å². The molecule has 0 atom stereocenters. The summed E-state index contributed by atoms with van der Waals surface area (Å²) < 4.78 is 9.80. The summed E-state index contributed by atoms with van der Waals surface area (Å²) in [7, 11) is 1.24. The van der Waals surface area contributed by atoms with Gasteiger partial charge in [-0.25, -0.2) is 9.59 Å². The first-order chi connectivity index (χ1) is 14.0. The summed E-state index contributed by atoms with van der Waals surface area (Å²) in [5, 5.41) is 2.53. The second-order valence-corrected chi connectivity index (χ2v) is 6.33. The molecule has 150 valence electrons. The normalized spacial score (nSPS) is 13.1. The SMILES string of the molecule is COC(=O)c1ccccc1NC(=O)COC(=O)c1ccccc1N1CCCC1=O. The molecule has 1 heterocycles. The number of hydrogen-bond donors (Lipinski definition) is 1. The Labute approximate surface area is 167 Å². The van der Waals surface area contributed by atoms with Crippen molar-refractivity contribution >= 4 is 35.1 Å². The van der Waals surface area contributed by atoms with Crippen molar-refractivity contribution < 1.29 is 28.7 Å². The fraction of sp³-hybridized carbons (Fsp3) is 0.238. The minimum Gasteiger partial charge on any atom is -0.465 e. The van der Waals surface area contributed by atoms with Gasteiger partial charge >= 0.3 is 11.9 Å². The molecule has 2 aromatic rings. The van der Waals surface area contributed by atoms with E-state index in [1.54, 1.807) is 47.4 Å². The first kappa shape index (κ1) is 20.1. The zero-order valence-corrected chi connectivity index (χ0v) is 15.8. The standard InChI is InChI=1S/C21H20N2O6/c1-28-20(26)14-7-2-4-9-16(14)22-18(24)13-29-21(27)15-8-3-5-10-17(15)23-12-6-11-19(23)25/h2-5,7-10H,6,11-13H2,1H3,(H,22,24). The lowest BCUT2D eigenvalue weighted by molar-refractivity contribution is -0.119. The molecule has 0 radical (unpaired) electrons. The molecule has 0 spiro atoms. The van der Waals surface area contributed by atoms with Gasteiger partial charge in [-0.05, 0) is 30.7 Å². The first-order valence-corrected chi connectivity index (χ1v) is 9.05. The molecule has 2 aromatic carbocycles. The largest absolute Gasteiger partial charge is 0.465 e. The van der Waals surface area contributed by atoms with E-state index in [0.29, 0.717) is 18.7 Å². The summed E-state index contributed by atoms with van der Waals surface area (Å²) in [6, 6.07) is 13.0. The van der Waals surface area contributed by atoms with Crippen molar-refractivity contribution in [3.8, 4) is 0 Å². The predicted molar refractivity (Wildman–Crippen MR) is 105 cm³/mol. The summed E-state index contributed by atoms with van der Waals surface area (Å²) in [5.74, 6) is -1.97. The number of nitrogens with zero attached hydrogens (tertiary/aromatic N) is 1. The molecular formula is C21H20N2O6. The van der Waals surface area contributed by atoms with Crippen LogP contribution in [0.15, 0.2) is 48.5 Å². The zero-order valence-electron chi connectivity index (χ0n) is 15.8. The van der Waals surface area contributed by atoms with Gasteiger partial charge in [0.2, 0.25) is 5.91 Å². The lowest BCUT2D eigenvalue weighted by atomic mass is 10.1. The lowest BCUT2D eigenvalue weighted by Crippen LogP contribution is -2.27. The molecule has 0 saturated carbocycles. The first-order valence-electron chi connectivity index (χ1n) is 9.05. The van der Waals surface area contributed by atoms with Crippen molar-refractivity contribution in [1.29, 1.82) is 0 Å². The average Bonchev–Trinajstić information content (AvgIpc) is 3.17. The Morgan fingerprint density at radius 2 is 1.69 bits per heavy atom. The molecule has 0 aromatic heterocycles. The quantitative estimate of drug-likeness (QED) is 0.753. The number of benzene rings is 2. The Kier molecular flexibility index (Phi) is 6.23. The maximum atomic E-state index is 12.5. The van der Waals surface area contributed by atoms with Crippen LogP contribution in [0.3, 0.4) is 0 Å². The van der Waals surface area contributed by atoms with Crippen LogP contribution in [-0.4, -0.2) is 44.0 Å². The Morgan fingerprint density at radius 1 is 1.00 bits per heavy atom. The van der Waals surface area contributed by atoms with Crippen LogP contribution < -0.4 is 10.2 Å². The van der Waals surface area contributed by atoms with Crippen molar-refractivity contribution in [3.05, 3.63) is 59.7 Å². The van der Waals surface area contributed by atoms with Gasteiger partial charge in [0.05, 0.1) is 29.6 Å². The number of para-hydroxylation sites is 2. The van der Waals surface area contributed by atoms with Crippen molar-refractivity contribution in [1.82, 2.24) is 0 Å². The number of carbonyl (C=O) groups is 4. The number of hydrogen-bond acceptors (Lipinski definition) is 6. The highest BCUT2D eigenvalue weighted by atomic mass is 16.5. The second kappa shape index (κ2) is 9.01. The second-order valence-electron chi connectivity index (χ2n) is 6.33. The Hall–Kier alpha value is -3.68. The lowest BCUT2D eigenvalue weighted by Gasteiger charge is -2.18. The van der Waals surface area contributed by atoms with Gasteiger partial charge in [-0.3, -0.25) is 9.59 Å². The summed E-state index contributed by atoms with van der Waals surface area (Å²) >= 11 is 0. The number of nitrogens with one attached hydrogen (secondary N) is 1. The van der Waals surface area contributed by atoms with Gasteiger partial charge in [-0.15, -0.1) is 0 Å². The molecule has 1 aliphatic heterocycles. The van der Waals surface area contributed by atoms with E-state index in [-0.39, 0.29) is 22.7 Å². The topological polar surface area (TPSA) is 102 Å². The van der Waals surface area contributed by atoms with Crippen molar-refractivity contribution in [3.63, 3.8) is 0 Å². The number of methoxy groups -OCH3 is 1. The number of rotatable bonds is 6. The monoisotopic (exact) mass is 396 g/mol. The third kappa shape index (κ3) is 4.60. The molecule has 3 rings (SSSR count). The van der Waals surface area contributed by atoms with Crippen LogP contribution in [0.5, 0.6) is 0 Å². The summed E-state index contributed by atoms with van der Waals surface area (Å²) in [6.45, 7) is -0.00938. The van der Waals surface area contributed by atoms with Crippen LogP contribution in [0.4, 0.5) is 11.4 Å². The van der Waals surface area contributed by atoms with Crippen LogP contribution in [0.25, 0.3) is 0 Å². The molecule has 8 heteroatoms. The third-order valence-corrected chi connectivity index (χ3v) is 4.43. The fourth-order valence-electron chi connectivity index (χ4n) is 3.06. The van der Waals surface area contributed by atoms with E-state index >= 15 is 0 Å². The van der Waals surface area contributed by atoms with E-state index < -0.39 is 24.5 Å². The Balaban J connectivity index is 1.66. The van der Waals surface area contributed by atoms with E-state index in [2.05, 4.69) is 10.1 Å². The van der Waals surface area contributed by atoms with Crippen LogP contribution in [0.1, 0.15) is 33.6 Å². The van der Waals surface area contributed by atoms with Gasteiger partial charge in [0.25, 0.3) is 5.91 Å².